The van der Waals surface area contributed by atoms with Crippen molar-refractivity contribution in [3.05, 3.63) is 12.7 Å². The molecular weight excluding hydrogens is 236 g/mol. The second-order valence-corrected chi connectivity index (χ2v) is 7.05. The SMILES string of the molecule is C=CCS(=O)(=O)N(CC1CCCNC1)C1CC1. The van der Waals surface area contributed by atoms with Crippen molar-refractivity contribution in [3.8, 4) is 0 Å². The summed E-state index contributed by atoms with van der Waals surface area (Å²) in [5.41, 5.74) is 0. The highest BCUT2D eigenvalue weighted by Gasteiger charge is 2.37. The van der Waals surface area contributed by atoms with E-state index in [2.05, 4.69) is 11.9 Å². The maximum Gasteiger partial charge on any atom is 0.217 e. The third kappa shape index (κ3) is 3.53. The van der Waals surface area contributed by atoms with Gasteiger partial charge in [-0.3, -0.25) is 0 Å². The molecule has 2 rings (SSSR count). The molecule has 0 aromatic carbocycles. The fourth-order valence-corrected chi connectivity index (χ4v) is 4.02. The van der Waals surface area contributed by atoms with E-state index >= 15 is 0 Å². The topological polar surface area (TPSA) is 49.4 Å². The molecule has 1 saturated carbocycles. The van der Waals surface area contributed by atoms with Gasteiger partial charge in [0.05, 0.1) is 5.75 Å². The maximum absolute atomic E-state index is 12.1. The minimum absolute atomic E-state index is 0.0731. The molecule has 1 atom stereocenters. The second-order valence-electron chi connectivity index (χ2n) is 5.08. The molecule has 1 unspecified atom stereocenters. The highest BCUT2D eigenvalue weighted by molar-refractivity contribution is 7.89. The Bertz CT molecular complexity index is 357. The van der Waals surface area contributed by atoms with Gasteiger partial charge in [0.25, 0.3) is 0 Å². The van der Waals surface area contributed by atoms with Crippen LogP contribution in [0.5, 0.6) is 0 Å². The first kappa shape index (κ1) is 13.1. The molecule has 1 N–H and O–H groups in total. The van der Waals surface area contributed by atoms with Gasteiger partial charge < -0.3 is 5.32 Å². The van der Waals surface area contributed by atoms with Crippen LogP contribution in [-0.4, -0.2) is 44.2 Å². The van der Waals surface area contributed by atoms with Crippen molar-refractivity contribution in [2.75, 3.05) is 25.4 Å². The third-order valence-electron chi connectivity index (χ3n) is 3.48. The Morgan fingerprint density at radius 1 is 1.35 bits per heavy atom. The van der Waals surface area contributed by atoms with Crippen molar-refractivity contribution >= 4 is 10.0 Å². The Balaban J connectivity index is 1.99. The quantitative estimate of drug-likeness (QED) is 0.722. The molecule has 98 valence electrons. The second kappa shape index (κ2) is 5.50. The lowest BCUT2D eigenvalue weighted by Crippen LogP contribution is -2.42. The molecule has 4 nitrogen and oxygen atoms in total. The van der Waals surface area contributed by atoms with Gasteiger partial charge in [0, 0.05) is 12.6 Å². The summed E-state index contributed by atoms with van der Waals surface area (Å²) in [6.07, 6.45) is 5.83. The highest BCUT2D eigenvalue weighted by atomic mass is 32.2. The van der Waals surface area contributed by atoms with Gasteiger partial charge in [0.2, 0.25) is 10.0 Å². The fraction of sp³-hybridized carbons (Fsp3) is 0.833. The first-order valence-electron chi connectivity index (χ1n) is 6.44. The fourth-order valence-electron chi connectivity index (χ4n) is 2.43. The first-order valence-corrected chi connectivity index (χ1v) is 8.05. The van der Waals surface area contributed by atoms with Gasteiger partial charge in [-0.1, -0.05) is 6.08 Å². The number of nitrogens with one attached hydrogen (secondary N) is 1. The van der Waals surface area contributed by atoms with E-state index in [9.17, 15) is 8.42 Å². The van der Waals surface area contributed by atoms with Crippen molar-refractivity contribution < 1.29 is 8.42 Å². The zero-order valence-electron chi connectivity index (χ0n) is 10.3. The summed E-state index contributed by atoms with van der Waals surface area (Å²) in [7, 11) is -3.12. The van der Waals surface area contributed by atoms with Crippen LogP contribution in [0.15, 0.2) is 12.7 Å². The molecule has 0 amide bonds. The van der Waals surface area contributed by atoms with Crippen molar-refractivity contribution in [1.29, 1.82) is 0 Å². The minimum Gasteiger partial charge on any atom is -0.316 e. The lowest BCUT2D eigenvalue weighted by Gasteiger charge is -2.29. The van der Waals surface area contributed by atoms with Gasteiger partial charge in [-0.2, -0.15) is 4.31 Å². The summed E-state index contributed by atoms with van der Waals surface area (Å²) in [6, 6.07) is 0.266. The number of nitrogens with zero attached hydrogens (tertiary/aromatic N) is 1. The molecule has 0 bridgehead atoms. The largest absolute Gasteiger partial charge is 0.316 e. The zero-order valence-corrected chi connectivity index (χ0v) is 11.1. The molecule has 2 fully saturated rings. The van der Waals surface area contributed by atoms with Crippen molar-refractivity contribution in [2.45, 2.75) is 31.7 Å². The van der Waals surface area contributed by atoms with Gasteiger partial charge in [-0.05, 0) is 44.7 Å². The lowest BCUT2D eigenvalue weighted by atomic mass is 10.00. The standard InChI is InChI=1S/C12H22N2O2S/c1-2-8-17(15,16)14(12-5-6-12)10-11-4-3-7-13-9-11/h2,11-13H,1,3-10H2. The molecule has 17 heavy (non-hydrogen) atoms. The van der Waals surface area contributed by atoms with Crippen LogP contribution in [0.4, 0.5) is 0 Å². The molecule has 1 saturated heterocycles. The molecular formula is C12H22N2O2S. The van der Waals surface area contributed by atoms with E-state index in [1.54, 1.807) is 4.31 Å². The van der Waals surface area contributed by atoms with Crippen LogP contribution < -0.4 is 5.32 Å². The summed E-state index contributed by atoms with van der Waals surface area (Å²) < 4.78 is 26.0. The highest BCUT2D eigenvalue weighted by Crippen LogP contribution is 2.31. The molecule has 0 spiro atoms. The van der Waals surface area contributed by atoms with E-state index in [4.69, 9.17) is 0 Å². The molecule has 0 aromatic rings. The van der Waals surface area contributed by atoms with Gasteiger partial charge in [-0.15, -0.1) is 6.58 Å². The predicted octanol–water partition coefficient (Wildman–Crippen LogP) is 0.966. The average molecular weight is 258 g/mol. The Labute approximate surface area is 104 Å². The van der Waals surface area contributed by atoms with Crippen LogP contribution in [-0.2, 0) is 10.0 Å². The van der Waals surface area contributed by atoms with Gasteiger partial charge in [0.1, 0.15) is 0 Å². The first-order chi connectivity index (χ1) is 8.13. The Morgan fingerprint density at radius 2 is 2.12 bits per heavy atom. The molecule has 0 radical (unpaired) electrons. The van der Waals surface area contributed by atoms with E-state index in [0.717, 1.165) is 38.8 Å². The van der Waals surface area contributed by atoms with E-state index in [-0.39, 0.29) is 11.8 Å². The zero-order chi connectivity index (χ0) is 12.3. The number of hydrogen-bond donors (Lipinski definition) is 1. The van der Waals surface area contributed by atoms with Crippen molar-refractivity contribution in [2.24, 2.45) is 5.92 Å². The number of sulfonamides is 1. The van der Waals surface area contributed by atoms with Gasteiger partial charge in [-0.25, -0.2) is 8.42 Å². The van der Waals surface area contributed by atoms with E-state index < -0.39 is 10.0 Å². The van der Waals surface area contributed by atoms with Crippen molar-refractivity contribution in [1.82, 2.24) is 9.62 Å². The summed E-state index contributed by atoms with van der Waals surface area (Å²) in [5.74, 6) is 0.549. The molecule has 1 aliphatic heterocycles. The monoisotopic (exact) mass is 258 g/mol. The van der Waals surface area contributed by atoms with E-state index in [1.807, 2.05) is 0 Å². The maximum atomic E-state index is 12.1. The van der Waals surface area contributed by atoms with Crippen LogP contribution >= 0.6 is 0 Å². The van der Waals surface area contributed by atoms with Gasteiger partial charge in [0.15, 0.2) is 0 Å². The summed E-state index contributed by atoms with van der Waals surface area (Å²) >= 11 is 0. The number of piperidine rings is 1. The molecule has 1 heterocycles. The number of rotatable bonds is 6. The van der Waals surface area contributed by atoms with Crippen LogP contribution in [0.25, 0.3) is 0 Å². The normalized spacial score (nSPS) is 26.1. The van der Waals surface area contributed by atoms with Gasteiger partial charge >= 0.3 is 0 Å². The van der Waals surface area contributed by atoms with Crippen LogP contribution in [0.3, 0.4) is 0 Å². The molecule has 0 aromatic heterocycles. The summed E-state index contributed by atoms with van der Waals surface area (Å²) in [6.45, 7) is 6.24. The average Bonchev–Trinajstić information content (AvgIpc) is 3.11. The molecule has 1 aliphatic carbocycles. The number of hydrogen-bond acceptors (Lipinski definition) is 3. The summed E-state index contributed by atoms with van der Waals surface area (Å²) in [5, 5.41) is 3.34. The Kier molecular flexibility index (Phi) is 4.22. The third-order valence-corrected chi connectivity index (χ3v) is 5.30. The van der Waals surface area contributed by atoms with Crippen LogP contribution in [0, 0.1) is 5.92 Å². The molecule has 2 aliphatic rings. The summed E-state index contributed by atoms with van der Waals surface area (Å²) in [4.78, 5) is 0. The van der Waals surface area contributed by atoms with E-state index in [1.165, 1.54) is 6.08 Å². The minimum atomic E-state index is -3.12. The lowest BCUT2D eigenvalue weighted by molar-refractivity contribution is 0.287. The predicted molar refractivity (Wildman–Crippen MR) is 69.3 cm³/mol. The van der Waals surface area contributed by atoms with E-state index in [0.29, 0.717) is 12.5 Å². The van der Waals surface area contributed by atoms with Crippen molar-refractivity contribution in [3.63, 3.8) is 0 Å². The smallest absolute Gasteiger partial charge is 0.217 e. The Morgan fingerprint density at radius 3 is 2.65 bits per heavy atom. The van der Waals surface area contributed by atoms with Crippen LogP contribution in [0.1, 0.15) is 25.7 Å². The Hall–Kier alpha value is -0.390. The van der Waals surface area contributed by atoms with Crippen LogP contribution in [0.2, 0.25) is 0 Å². The molecule has 5 heteroatoms.